The number of aliphatic hydroxyl groups excluding tert-OH is 1. The number of aliphatic hydroxyl groups is 1. The maximum Gasteiger partial charge on any atom is 0.246 e. The molecule has 3 aromatic rings. The summed E-state index contributed by atoms with van der Waals surface area (Å²) in [6.07, 6.45) is 6.64. The minimum absolute atomic E-state index is 0.0440. The van der Waals surface area contributed by atoms with Crippen molar-refractivity contribution >= 4 is 33.3 Å². The van der Waals surface area contributed by atoms with Gasteiger partial charge in [-0.25, -0.2) is 9.97 Å². The zero-order chi connectivity index (χ0) is 23.9. The second kappa shape index (κ2) is 11.6. The lowest BCUT2D eigenvalue weighted by Crippen LogP contribution is -2.34. The number of amides is 1. The fourth-order valence-electron chi connectivity index (χ4n) is 4.42. The van der Waals surface area contributed by atoms with Crippen molar-refractivity contribution < 1.29 is 9.90 Å². The average Bonchev–Trinajstić information content (AvgIpc) is 3.25. The number of hydrogen-bond acceptors (Lipinski definition) is 7. The van der Waals surface area contributed by atoms with Crippen LogP contribution in [0.25, 0.3) is 10.2 Å². The fourth-order valence-corrected chi connectivity index (χ4v) is 5.62. The van der Waals surface area contributed by atoms with Crippen LogP contribution in [-0.2, 0) is 17.8 Å². The van der Waals surface area contributed by atoms with Gasteiger partial charge in [-0.15, -0.1) is 11.3 Å². The number of likely N-dealkylation sites (N-methyl/N-ethyl adjacent to an activating group) is 1. The van der Waals surface area contributed by atoms with E-state index in [4.69, 9.17) is 0 Å². The first kappa shape index (κ1) is 24.3. The molecule has 1 aliphatic heterocycles. The monoisotopic (exact) mass is 479 g/mol. The molecule has 0 radical (unpaired) electrons. The Balaban J connectivity index is 1.53. The van der Waals surface area contributed by atoms with E-state index in [1.165, 1.54) is 10.4 Å². The molecule has 4 rings (SSSR count). The summed E-state index contributed by atoms with van der Waals surface area (Å²) in [5.74, 6) is 0.857. The Morgan fingerprint density at radius 2 is 2.06 bits per heavy atom. The average molecular weight is 480 g/mol. The zero-order valence-corrected chi connectivity index (χ0v) is 20.7. The van der Waals surface area contributed by atoms with E-state index in [0.29, 0.717) is 19.5 Å². The third-order valence-corrected chi connectivity index (χ3v) is 7.52. The summed E-state index contributed by atoms with van der Waals surface area (Å²) in [5.41, 5.74) is 2.34. The van der Waals surface area contributed by atoms with Gasteiger partial charge in [-0.3, -0.25) is 4.79 Å². The summed E-state index contributed by atoms with van der Waals surface area (Å²) in [6, 6.07) is 10.1. The third kappa shape index (κ3) is 5.46. The van der Waals surface area contributed by atoms with Crippen molar-refractivity contribution in [1.29, 1.82) is 0 Å². The van der Waals surface area contributed by atoms with Gasteiger partial charge in [-0.2, -0.15) is 0 Å². The van der Waals surface area contributed by atoms with Crippen molar-refractivity contribution in [2.75, 3.05) is 38.1 Å². The summed E-state index contributed by atoms with van der Waals surface area (Å²) >= 11 is 1.64. The van der Waals surface area contributed by atoms with Crippen LogP contribution < -0.4 is 5.32 Å². The molecule has 0 unspecified atom stereocenters. The topological polar surface area (TPSA) is 81.6 Å². The number of anilines is 1. The van der Waals surface area contributed by atoms with Gasteiger partial charge in [-0.1, -0.05) is 50.3 Å². The van der Waals surface area contributed by atoms with Crippen molar-refractivity contribution in [2.24, 2.45) is 0 Å². The highest BCUT2D eigenvalue weighted by Gasteiger charge is 2.26. The normalized spacial score (nSPS) is 14.6. The van der Waals surface area contributed by atoms with Crippen molar-refractivity contribution in [3.63, 3.8) is 0 Å². The Kier molecular flexibility index (Phi) is 8.26. The van der Waals surface area contributed by atoms with Crippen molar-refractivity contribution in [3.05, 3.63) is 64.8 Å². The van der Waals surface area contributed by atoms with Crippen LogP contribution in [0.3, 0.4) is 0 Å². The Morgan fingerprint density at radius 3 is 2.79 bits per heavy atom. The fraction of sp³-hybridized carbons (Fsp3) is 0.423. The molecule has 0 fully saturated rings. The molecule has 1 atom stereocenters. The maximum absolute atomic E-state index is 12.8. The predicted octanol–water partition coefficient (Wildman–Crippen LogP) is 4.01. The van der Waals surface area contributed by atoms with Crippen LogP contribution in [0.2, 0.25) is 0 Å². The Labute approximate surface area is 205 Å². The zero-order valence-electron chi connectivity index (χ0n) is 19.9. The first-order chi connectivity index (χ1) is 16.6. The Morgan fingerprint density at radius 1 is 1.26 bits per heavy atom. The summed E-state index contributed by atoms with van der Waals surface area (Å²) in [6.45, 7) is 8.37. The molecule has 0 saturated carbocycles. The first-order valence-electron chi connectivity index (χ1n) is 12.0. The quantitative estimate of drug-likeness (QED) is 0.428. The van der Waals surface area contributed by atoms with Crippen LogP contribution in [-0.4, -0.2) is 63.6 Å². The molecule has 7 nitrogen and oxygen atoms in total. The van der Waals surface area contributed by atoms with Gasteiger partial charge < -0.3 is 20.2 Å². The summed E-state index contributed by atoms with van der Waals surface area (Å²) in [7, 11) is 0. The predicted molar refractivity (Wildman–Crippen MR) is 138 cm³/mol. The van der Waals surface area contributed by atoms with Crippen LogP contribution >= 0.6 is 11.3 Å². The molecule has 8 heteroatoms. The standard InChI is InChI=1S/C26H33N5O2S/c1-3-30(4-2)14-8-11-23(33)31-15-12-20-22(17-31)34-26-24(20)25(27-18-28-26)29-21(13-16-32)19-9-6-5-7-10-19/h5-11,18,21,32H,3-4,12-17H2,1-2H3,(H,27,28,29)/t21-/m1/s1. The number of benzene rings is 1. The van der Waals surface area contributed by atoms with E-state index in [1.807, 2.05) is 29.2 Å². The highest BCUT2D eigenvalue weighted by atomic mass is 32.1. The largest absolute Gasteiger partial charge is 0.396 e. The Bertz CT molecular complexity index is 1130. The smallest absolute Gasteiger partial charge is 0.246 e. The SMILES string of the molecule is CCN(CC)CC=CC(=O)N1CCc2c(sc3ncnc(N[C@H](CCO)c4ccccc4)c23)C1. The van der Waals surface area contributed by atoms with Crippen LogP contribution in [0.4, 0.5) is 5.82 Å². The summed E-state index contributed by atoms with van der Waals surface area (Å²) in [5, 5.41) is 14.2. The number of aromatic nitrogens is 2. The van der Waals surface area contributed by atoms with Gasteiger partial charge in [0, 0.05) is 30.6 Å². The molecule has 2 N–H and O–H groups in total. The minimum atomic E-state index is -0.0440. The van der Waals surface area contributed by atoms with E-state index in [2.05, 4.69) is 46.2 Å². The molecule has 0 spiro atoms. The second-order valence-electron chi connectivity index (χ2n) is 8.42. The van der Waals surface area contributed by atoms with Crippen molar-refractivity contribution in [3.8, 4) is 0 Å². The van der Waals surface area contributed by atoms with Gasteiger partial charge in [0.15, 0.2) is 0 Å². The number of hydrogen-bond donors (Lipinski definition) is 2. The van der Waals surface area contributed by atoms with E-state index in [9.17, 15) is 9.90 Å². The number of carbonyl (C=O) groups is 1. The van der Waals surface area contributed by atoms with Gasteiger partial charge in [0.05, 0.1) is 18.0 Å². The van der Waals surface area contributed by atoms with Gasteiger partial charge in [-0.05, 0) is 37.1 Å². The molecular formula is C26H33N5O2S. The van der Waals surface area contributed by atoms with Gasteiger partial charge in [0.2, 0.25) is 5.91 Å². The van der Waals surface area contributed by atoms with E-state index < -0.39 is 0 Å². The molecule has 3 heterocycles. The van der Waals surface area contributed by atoms with Crippen LogP contribution in [0, 0.1) is 0 Å². The summed E-state index contributed by atoms with van der Waals surface area (Å²) < 4.78 is 0. The molecule has 1 aliphatic rings. The van der Waals surface area contributed by atoms with E-state index in [1.54, 1.807) is 23.7 Å². The van der Waals surface area contributed by atoms with Crippen LogP contribution in [0.5, 0.6) is 0 Å². The van der Waals surface area contributed by atoms with Crippen molar-refractivity contribution in [2.45, 2.75) is 39.3 Å². The molecule has 2 aromatic heterocycles. The number of nitrogens with zero attached hydrogens (tertiary/aromatic N) is 4. The number of carbonyl (C=O) groups excluding carboxylic acids is 1. The second-order valence-corrected chi connectivity index (χ2v) is 9.51. The molecule has 34 heavy (non-hydrogen) atoms. The van der Waals surface area contributed by atoms with Gasteiger partial charge >= 0.3 is 0 Å². The number of nitrogens with one attached hydrogen (secondary N) is 1. The lowest BCUT2D eigenvalue weighted by atomic mass is 10.0. The van der Waals surface area contributed by atoms with E-state index >= 15 is 0 Å². The number of fused-ring (bicyclic) bond motifs is 3. The lowest BCUT2D eigenvalue weighted by molar-refractivity contribution is -0.126. The van der Waals surface area contributed by atoms with Crippen LogP contribution in [0.15, 0.2) is 48.8 Å². The Hall–Kier alpha value is -2.81. The summed E-state index contributed by atoms with van der Waals surface area (Å²) in [4.78, 5) is 28.2. The van der Waals surface area contributed by atoms with E-state index in [-0.39, 0.29) is 18.6 Å². The highest BCUT2D eigenvalue weighted by molar-refractivity contribution is 7.19. The highest BCUT2D eigenvalue weighted by Crippen LogP contribution is 2.38. The maximum atomic E-state index is 12.8. The first-order valence-corrected chi connectivity index (χ1v) is 12.8. The van der Waals surface area contributed by atoms with E-state index in [0.717, 1.165) is 47.7 Å². The minimum Gasteiger partial charge on any atom is -0.396 e. The van der Waals surface area contributed by atoms with Gasteiger partial charge in [0.1, 0.15) is 17.0 Å². The molecule has 1 amide bonds. The van der Waals surface area contributed by atoms with Gasteiger partial charge in [0.25, 0.3) is 0 Å². The lowest BCUT2D eigenvalue weighted by Gasteiger charge is -2.26. The molecule has 0 bridgehead atoms. The third-order valence-electron chi connectivity index (χ3n) is 6.40. The molecule has 0 aliphatic carbocycles. The molecular weight excluding hydrogens is 446 g/mol. The number of thiophene rings is 1. The molecule has 180 valence electrons. The molecule has 1 aromatic carbocycles. The van der Waals surface area contributed by atoms with Crippen molar-refractivity contribution in [1.82, 2.24) is 19.8 Å². The number of rotatable bonds is 10. The molecule has 0 saturated heterocycles. The van der Waals surface area contributed by atoms with Crippen LogP contribution in [0.1, 0.15) is 42.3 Å².